The molecule has 0 aliphatic rings. The van der Waals surface area contributed by atoms with Crippen LogP contribution in [0.2, 0.25) is 0 Å². The number of carbonyl (C=O) groups is 1. The van der Waals surface area contributed by atoms with Crippen molar-refractivity contribution < 1.29 is 15.0 Å². The summed E-state index contributed by atoms with van der Waals surface area (Å²) in [7, 11) is 0. The maximum absolute atomic E-state index is 12.3. The lowest BCUT2D eigenvalue weighted by molar-refractivity contribution is -0.123. The lowest BCUT2D eigenvalue weighted by atomic mass is 10.0. The molecule has 52 heavy (non-hydrogen) atoms. The number of hydrogen-bond donors (Lipinski definition) is 3. The van der Waals surface area contributed by atoms with Crippen LogP contribution in [0.5, 0.6) is 0 Å². The van der Waals surface area contributed by atoms with Gasteiger partial charge in [-0.2, -0.15) is 0 Å². The van der Waals surface area contributed by atoms with Gasteiger partial charge in [0.15, 0.2) is 0 Å². The Hall–Kier alpha value is -1.65. The summed E-state index contributed by atoms with van der Waals surface area (Å²) in [6.07, 6.45) is 59.6. The van der Waals surface area contributed by atoms with E-state index in [0.717, 1.165) is 38.5 Å². The second kappa shape index (κ2) is 43.8. The predicted molar refractivity (Wildman–Crippen MR) is 230 cm³/mol. The zero-order chi connectivity index (χ0) is 37.8. The Bertz CT molecular complexity index is 831. The van der Waals surface area contributed by atoms with E-state index in [1.165, 1.54) is 173 Å². The number of nitrogens with one attached hydrogen (secondary N) is 1. The van der Waals surface area contributed by atoms with Crippen LogP contribution in [-0.4, -0.2) is 34.9 Å². The van der Waals surface area contributed by atoms with Gasteiger partial charge >= 0.3 is 0 Å². The number of aliphatic hydroxyl groups is 2. The minimum absolute atomic E-state index is 0.0769. The van der Waals surface area contributed by atoms with Crippen molar-refractivity contribution in [3.05, 3.63) is 48.6 Å². The van der Waals surface area contributed by atoms with Crippen LogP contribution in [0.25, 0.3) is 0 Å². The molecule has 0 rings (SSSR count). The topological polar surface area (TPSA) is 69.6 Å². The molecule has 0 aliphatic carbocycles. The fourth-order valence-corrected chi connectivity index (χ4v) is 6.75. The molecule has 0 heterocycles. The average molecular weight is 728 g/mol. The molecule has 0 bridgehead atoms. The van der Waals surface area contributed by atoms with Gasteiger partial charge in [0.2, 0.25) is 5.91 Å². The maximum Gasteiger partial charge on any atom is 0.220 e. The van der Waals surface area contributed by atoms with Gasteiger partial charge in [-0.3, -0.25) is 4.79 Å². The normalized spacial score (nSPS) is 13.4. The Morgan fingerprint density at radius 1 is 0.462 bits per heavy atom. The molecule has 1 amide bonds. The Morgan fingerprint density at radius 2 is 0.808 bits per heavy atom. The highest BCUT2D eigenvalue weighted by atomic mass is 16.3. The second-order valence-corrected chi connectivity index (χ2v) is 15.5. The van der Waals surface area contributed by atoms with Gasteiger partial charge < -0.3 is 15.5 Å². The largest absolute Gasteiger partial charge is 0.394 e. The standard InChI is InChI=1S/C48H89NO3/c1-3-5-7-9-11-13-14-15-16-17-18-19-20-21-22-23-24-25-26-27-28-29-30-31-32-33-34-36-38-40-42-44-48(52)49-46(45-50)47(51)43-41-39-37-35-12-10-8-6-4-2/h12,18-19,21-22,35,41,43,46-47,50-51H,3-11,13-17,20,23-34,36-40,42,44-45H2,1-2H3,(H,49,52)/b19-18-,22-21-,35-12+,43-41+. The fraction of sp³-hybridized carbons (Fsp3) is 0.812. The molecule has 4 heteroatoms. The van der Waals surface area contributed by atoms with Crippen LogP contribution >= 0.6 is 0 Å². The van der Waals surface area contributed by atoms with Crippen molar-refractivity contribution in [1.82, 2.24) is 5.32 Å². The van der Waals surface area contributed by atoms with Gasteiger partial charge in [0, 0.05) is 6.42 Å². The number of hydrogen-bond acceptors (Lipinski definition) is 3. The number of allylic oxidation sites excluding steroid dienone is 7. The summed E-state index contributed by atoms with van der Waals surface area (Å²) in [5.41, 5.74) is 0. The second-order valence-electron chi connectivity index (χ2n) is 15.5. The van der Waals surface area contributed by atoms with Gasteiger partial charge in [-0.05, 0) is 64.2 Å². The van der Waals surface area contributed by atoms with Crippen LogP contribution in [0.1, 0.15) is 232 Å². The molecule has 0 saturated carbocycles. The van der Waals surface area contributed by atoms with Crippen molar-refractivity contribution in [3.8, 4) is 0 Å². The first-order chi connectivity index (χ1) is 25.7. The van der Waals surface area contributed by atoms with Gasteiger partial charge in [-0.25, -0.2) is 0 Å². The molecule has 0 aromatic rings. The molecular weight excluding hydrogens is 639 g/mol. The molecule has 0 fully saturated rings. The molecule has 0 radical (unpaired) electrons. The minimum Gasteiger partial charge on any atom is -0.394 e. The smallest absolute Gasteiger partial charge is 0.220 e. The molecule has 2 unspecified atom stereocenters. The van der Waals surface area contributed by atoms with E-state index in [9.17, 15) is 15.0 Å². The quantitative estimate of drug-likeness (QED) is 0.0434. The highest BCUT2D eigenvalue weighted by Gasteiger charge is 2.17. The van der Waals surface area contributed by atoms with Gasteiger partial charge in [-0.1, -0.05) is 210 Å². The van der Waals surface area contributed by atoms with Gasteiger partial charge in [0.25, 0.3) is 0 Å². The summed E-state index contributed by atoms with van der Waals surface area (Å²) in [5.74, 6) is -0.0769. The van der Waals surface area contributed by atoms with Crippen molar-refractivity contribution in [2.24, 2.45) is 0 Å². The SMILES string of the molecule is CCCCC/C=C/CC/C=C/C(O)C(CO)NC(=O)CCCCCCCCCCCCCCCCC/C=C\C/C=C\CCCCCCCCCCC. The number of rotatable bonds is 41. The average Bonchev–Trinajstić information content (AvgIpc) is 3.15. The molecule has 0 aliphatic heterocycles. The van der Waals surface area contributed by atoms with E-state index in [4.69, 9.17) is 0 Å². The van der Waals surface area contributed by atoms with Gasteiger partial charge in [0.1, 0.15) is 0 Å². The van der Waals surface area contributed by atoms with Crippen LogP contribution < -0.4 is 5.32 Å². The van der Waals surface area contributed by atoms with E-state index >= 15 is 0 Å². The number of amides is 1. The first kappa shape index (κ1) is 50.4. The van der Waals surface area contributed by atoms with Crippen molar-refractivity contribution in [2.75, 3.05) is 6.61 Å². The minimum atomic E-state index is -0.859. The third-order valence-corrected chi connectivity index (χ3v) is 10.3. The molecular formula is C48H89NO3. The Morgan fingerprint density at radius 3 is 1.27 bits per heavy atom. The van der Waals surface area contributed by atoms with Crippen molar-refractivity contribution in [2.45, 2.75) is 244 Å². The molecule has 0 aromatic carbocycles. The van der Waals surface area contributed by atoms with E-state index in [1.807, 2.05) is 6.08 Å². The first-order valence-electron chi connectivity index (χ1n) is 22.9. The van der Waals surface area contributed by atoms with Crippen molar-refractivity contribution in [3.63, 3.8) is 0 Å². The molecule has 0 spiro atoms. The third kappa shape index (κ3) is 39.6. The van der Waals surface area contributed by atoms with E-state index < -0.39 is 12.1 Å². The van der Waals surface area contributed by atoms with Crippen LogP contribution in [0, 0.1) is 0 Å². The zero-order valence-corrected chi connectivity index (χ0v) is 34.8. The monoisotopic (exact) mass is 728 g/mol. The van der Waals surface area contributed by atoms with Crippen LogP contribution in [0.15, 0.2) is 48.6 Å². The molecule has 0 saturated heterocycles. The molecule has 3 N–H and O–H groups in total. The van der Waals surface area contributed by atoms with Crippen molar-refractivity contribution in [1.29, 1.82) is 0 Å². The summed E-state index contributed by atoms with van der Waals surface area (Å²) in [6.45, 7) is 4.25. The summed E-state index contributed by atoms with van der Waals surface area (Å²) >= 11 is 0. The predicted octanol–water partition coefficient (Wildman–Crippen LogP) is 14.4. The van der Waals surface area contributed by atoms with Crippen LogP contribution in [0.4, 0.5) is 0 Å². The number of carbonyl (C=O) groups excluding carboxylic acids is 1. The lowest BCUT2D eigenvalue weighted by Crippen LogP contribution is -2.45. The van der Waals surface area contributed by atoms with E-state index in [2.05, 4.69) is 55.6 Å². The fourth-order valence-electron chi connectivity index (χ4n) is 6.75. The van der Waals surface area contributed by atoms with E-state index in [0.29, 0.717) is 6.42 Å². The molecule has 0 aromatic heterocycles. The first-order valence-corrected chi connectivity index (χ1v) is 22.9. The summed E-state index contributed by atoms with van der Waals surface area (Å²) in [6, 6.07) is -0.636. The highest BCUT2D eigenvalue weighted by Crippen LogP contribution is 2.15. The lowest BCUT2D eigenvalue weighted by Gasteiger charge is -2.19. The third-order valence-electron chi connectivity index (χ3n) is 10.3. The summed E-state index contributed by atoms with van der Waals surface area (Å²) in [5, 5.41) is 22.8. The van der Waals surface area contributed by atoms with Crippen LogP contribution in [-0.2, 0) is 4.79 Å². The van der Waals surface area contributed by atoms with Gasteiger partial charge in [-0.15, -0.1) is 0 Å². The van der Waals surface area contributed by atoms with Crippen molar-refractivity contribution >= 4 is 5.91 Å². The summed E-state index contributed by atoms with van der Waals surface area (Å²) in [4.78, 5) is 12.3. The number of aliphatic hydroxyl groups excluding tert-OH is 2. The Labute approximate surface area is 324 Å². The van der Waals surface area contributed by atoms with E-state index in [-0.39, 0.29) is 12.5 Å². The molecule has 304 valence electrons. The molecule has 4 nitrogen and oxygen atoms in total. The van der Waals surface area contributed by atoms with Gasteiger partial charge in [0.05, 0.1) is 18.8 Å². The number of unbranched alkanes of at least 4 members (excludes halogenated alkanes) is 28. The van der Waals surface area contributed by atoms with E-state index in [1.54, 1.807) is 6.08 Å². The summed E-state index contributed by atoms with van der Waals surface area (Å²) < 4.78 is 0. The molecule has 2 atom stereocenters. The maximum atomic E-state index is 12.3. The van der Waals surface area contributed by atoms with Crippen LogP contribution in [0.3, 0.4) is 0 Å². The Kier molecular flexibility index (Phi) is 42.4. The zero-order valence-electron chi connectivity index (χ0n) is 34.8. The Balaban J connectivity index is 3.46. The highest BCUT2D eigenvalue weighted by molar-refractivity contribution is 5.76.